The fourth-order valence-electron chi connectivity index (χ4n) is 2.62. The summed E-state index contributed by atoms with van der Waals surface area (Å²) in [5.74, 6) is 0. The lowest BCUT2D eigenvalue weighted by Crippen LogP contribution is -2.23. The topological polar surface area (TPSA) is 0 Å². The molecule has 0 aromatic heterocycles. The molecule has 0 amide bonds. The molecule has 2 aromatic rings. The van der Waals surface area contributed by atoms with Crippen molar-refractivity contribution in [3.63, 3.8) is 0 Å². The van der Waals surface area contributed by atoms with Gasteiger partial charge in [-0.25, -0.2) is 0 Å². The minimum absolute atomic E-state index is 0.114. The Kier molecular flexibility index (Phi) is 2.32. The van der Waals surface area contributed by atoms with Crippen LogP contribution in [0.25, 0.3) is 0 Å². The maximum Gasteiger partial charge on any atom is 0.0696 e. The van der Waals surface area contributed by atoms with Gasteiger partial charge in [0.25, 0.3) is 0 Å². The van der Waals surface area contributed by atoms with E-state index in [1.807, 2.05) is 0 Å². The molecular formula is C15H13I. The van der Waals surface area contributed by atoms with Crippen molar-refractivity contribution in [2.45, 2.75) is 16.8 Å². The second kappa shape index (κ2) is 3.59. The van der Waals surface area contributed by atoms with E-state index in [9.17, 15) is 0 Å². The molecule has 0 heterocycles. The first-order chi connectivity index (χ1) is 7.69. The van der Waals surface area contributed by atoms with Gasteiger partial charge in [-0.15, -0.1) is 0 Å². The third kappa shape index (κ3) is 1.41. The van der Waals surface area contributed by atoms with E-state index in [0.717, 1.165) is 6.42 Å². The van der Waals surface area contributed by atoms with Gasteiger partial charge in [0.05, 0.1) is 3.42 Å². The van der Waals surface area contributed by atoms with Crippen LogP contribution in [0.5, 0.6) is 0 Å². The minimum atomic E-state index is 0.114. The van der Waals surface area contributed by atoms with E-state index in [1.165, 1.54) is 22.3 Å². The molecule has 80 valence electrons. The van der Waals surface area contributed by atoms with Gasteiger partial charge in [-0.2, -0.15) is 0 Å². The summed E-state index contributed by atoms with van der Waals surface area (Å²) in [7, 11) is 0. The highest BCUT2D eigenvalue weighted by Gasteiger charge is 2.33. The van der Waals surface area contributed by atoms with E-state index in [4.69, 9.17) is 0 Å². The second-order valence-corrected chi connectivity index (χ2v) is 6.65. The molecule has 0 atom stereocenters. The van der Waals surface area contributed by atoms with Gasteiger partial charge >= 0.3 is 0 Å². The van der Waals surface area contributed by atoms with E-state index in [-0.39, 0.29) is 3.42 Å². The maximum absolute atomic E-state index is 2.57. The van der Waals surface area contributed by atoms with Gasteiger partial charge in [-0.05, 0) is 35.6 Å². The third-order valence-electron chi connectivity index (χ3n) is 3.43. The van der Waals surface area contributed by atoms with Crippen molar-refractivity contribution in [3.05, 3.63) is 70.8 Å². The molecule has 0 nitrogen and oxygen atoms in total. The molecule has 0 N–H and O–H groups in total. The predicted octanol–water partition coefficient (Wildman–Crippen LogP) is 4.29. The lowest BCUT2D eigenvalue weighted by molar-refractivity contribution is 0.815. The zero-order valence-electron chi connectivity index (χ0n) is 9.20. The predicted molar refractivity (Wildman–Crippen MR) is 76.2 cm³/mol. The molecular weight excluding hydrogens is 307 g/mol. The van der Waals surface area contributed by atoms with Crippen LogP contribution < -0.4 is 0 Å². The van der Waals surface area contributed by atoms with Crippen LogP contribution >= 0.6 is 22.6 Å². The number of halogens is 1. The Hall–Kier alpha value is -0.830. The molecule has 16 heavy (non-hydrogen) atoms. The molecule has 0 unspecified atom stereocenters. The monoisotopic (exact) mass is 320 g/mol. The molecule has 1 aliphatic rings. The molecule has 0 saturated heterocycles. The number of alkyl halides is 1. The summed E-state index contributed by atoms with van der Waals surface area (Å²) in [5.41, 5.74) is 5.87. The number of benzene rings is 2. The molecule has 0 radical (unpaired) electrons. The smallest absolute Gasteiger partial charge is 0.0687 e. The SMILES string of the molecule is CC1(I)c2ccccc2Cc2ccccc21. The molecule has 1 aliphatic carbocycles. The third-order valence-corrected chi connectivity index (χ3v) is 4.59. The molecule has 0 saturated carbocycles. The quantitative estimate of drug-likeness (QED) is 0.502. The Morgan fingerprint density at radius 2 is 1.31 bits per heavy atom. The molecule has 0 aliphatic heterocycles. The zero-order valence-corrected chi connectivity index (χ0v) is 11.4. The van der Waals surface area contributed by atoms with Crippen molar-refractivity contribution in [3.8, 4) is 0 Å². The first kappa shape index (κ1) is 10.3. The molecule has 1 heteroatoms. The lowest BCUT2D eigenvalue weighted by atomic mass is 9.79. The highest BCUT2D eigenvalue weighted by atomic mass is 127. The fraction of sp³-hybridized carbons (Fsp3) is 0.200. The Morgan fingerprint density at radius 3 is 1.81 bits per heavy atom. The Balaban J connectivity index is 2.28. The van der Waals surface area contributed by atoms with E-state index >= 15 is 0 Å². The van der Waals surface area contributed by atoms with Gasteiger partial charge in [0.1, 0.15) is 0 Å². The standard InChI is InChI=1S/C15H13I/c1-15(16)13-8-4-2-6-11(13)10-12-7-3-5-9-14(12)15/h2-9H,10H2,1H3. The fourth-order valence-corrected chi connectivity index (χ4v) is 3.67. The van der Waals surface area contributed by atoms with E-state index < -0.39 is 0 Å². The largest absolute Gasteiger partial charge is 0.0696 e. The summed E-state index contributed by atoms with van der Waals surface area (Å²) >= 11 is 2.57. The summed E-state index contributed by atoms with van der Waals surface area (Å²) in [4.78, 5) is 0. The number of rotatable bonds is 0. The number of fused-ring (bicyclic) bond motifs is 2. The van der Waals surface area contributed by atoms with Gasteiger partial charge in [0, 0.05) is 0 Å². The van der Waals surface area contributed by atoms with Gasteiger partial charge in [0.15, 0.2) is 0 Å². The van der Waals surface area contributed by atoms with Crippen molar-refractivity contribution in [2.24, 2.45) is 0 Å². The normalized spacial score (nSPS) is 16.4. The lowest BCUT2D eigenvalue weighted by Gasteiger charge is -2.33. The van der Waals surface area contributed by atoms with Crippen molar-refractivity contribution >= 4 is 22.6 Å². The van der Waals surface area contributed by atoms with Crippen LogP contribution in [0.4, 0.5) is 0 Å². The molecule has 0 spiro atoms. The van der Waals surface area contributed by atoms with E-state index in [2.05, 4.69) is 78.0 Å². The van der Waals surface area contributed by atoms with Crippen LogP contribution in [0.15, 0.2) is 48.5 Å². The van der Waals surface area contributed by atoms with Crippen LogP contribution in [-0.4, -0.2) is 0 Å². The first-order valence-electron chi connectivity index (χ1n) is 5.55. The summed E-state index contributed by atoms with van der Waals surface area (Å²) in [6.45, 7) is 2.31. The zero-order chi connectivity index (χ0) is 11.2. The molecule has 0 fully saturated rings. The van der Waals surface area contributed by atoms with Crippen molar-refractivity contribution in [1.29, 1.82) is 0 Å². The van der Waals surface area contributed by atoms with Gasteiger partial charge in [-0.3, -0.25) is 0 Å². The highest BCUT2D eigenvalue weighted by molar-refractivity contribution is 14.1. The van der Waals surface area contributed by atoms with Crippen molar-refractivity contribution in [2.75, 3.05) is 0 Å². The molecule has 3 rings (SSSR count). The maximum atomic E-state index is 2.57. The van der Waals surface area contributed by atoms with Crippen LogP contribution in [0.2, 0.25) is 0 Å². The Morgan fingerprint density at radius 1 is 0.875 bits per heavy atom. The van der Waals surface area contributed by atoms with Crippen molar-refractivity contribution < 1.29 is 0 Å². The van der Waals surface area contributed by atoms with Gasteiger partial charge < -0.3 is 0 Å². The van der Waals surface area contributed by atoms with Gasteiger partial charge in [-0.1, -0.05) is 71.1 Å². The molecule has 2 aromatic carbocycles. The van der Waals surface area contributed by atoms with Crippen LogP contribution in [-0.2, 0) is 9.84 Å². The summed E-state index contributed by atoms with van der Waals surface area (Å²) in [5, 5.41) is 0. The van der Waals surface area contributed by atoms with Crippen LogP contribution in [0.3, 0.4) is 0 Å². The average Bonchev–Trinajstić information content (AvgIpc) is 2.29. The summed E-state index contributed by atoms with van der Waals surface area (Å²) in [6, 6.07) is 17.6. The molecule has 0 bridgehead atoms. The van der Waals surface area contributed by atoms with Crippen LogP contribution in [0.1, 0.15) is 29.2 Å². The average molecular weight is 320 g/mol. The minimum Gasteiger partial charge on any atom is -0.0687 e. The van der Waals surface area contributed by atoms with E-state index in [0.29, 0.717) is 0 Å². The number of hydrogen-bond donors (Lipinski definition) is 0. The summed E-state index contributed by atoms with van der Waals surface area (Å²) < 4.78 is 0.114. The van der Waals surface area contributed by atoms with Crippen molar-refractivity contribution in [1.82, 2.24) is 0 Å². The van der Waals surface area contributed by atoms with Gasteiger partial charge in [0.2, 0.25) is 0 Å². The van der Waals surface area contributed by atoms with E-state index in [1.54, 1.807) is 0 Å². The summed E-state index contributed by atoms with van der Waals surface area (Å²) in [6.07, 6.45) is 1.07. The first-order valence-corrected chi connectivity index (χ1v) is 6.63. The van der Waals surface area contributed by atoms with Crippen LogP contribution in [0, 0.1) is 0 Å². The Bertz CT molecular complexity index is 493. The Labute approximate surface area is 110 Å². The number of hydrogen-bond acceptors (Lipinski definition) is 0. The second-order valence-electron chi connectivity index (χ2n) is 4.49. The highest BCUT2D eigenvalue weighted by Crippen LogP contribution is 2.45.